The van der Waals surface area contributed by atoms with Gasteiger partial charge < -0.3 is 9.88 Å². The lowest BCUT2D eigenvalue weighted by Gasteiger charge is -2.16. The highest BCUT2D eigenvalue weighted by molar-refractivity contribution is 7.07. The summed E-state index contributed by atoms with van der Waals surface area (Å²) < 4.78 is 2.04. The highest BCUT2D eigenvalue weighted by Crippen LogP contribution is 2.20. The Morgan fingerprint density at radius 2 is 1.96 bits per heavy atom. The Kier molecular flexibility index (Phi) is 7.54. The molecule has 1 heterocycles. The fourth-order valence-corrected chi connectivity index (χ4v) is 4.04. The molecule has 1 N–H and O–H groups in total. The number of benzene rings is 1. The van der Waals surface area contributed by atoms with Gasteiger partial charge in [0.15, 0.2) is 4.80 Å². The van der Waals surface area contributed by atoms with Crippen molar-refractivity contribution in [3.05, 3.63) is 45.2 Å². The topological polar surface area (TPSA) is 46.4 Å². The number of carbonyl (C=O) groups is 1. The molecule has 0 unspecified atom stereocenters. The zero-order valence-electron chi connectivity index (χ0n) is 14.2. The minimum Gasteiger partial charge on any atom is -0.326 e. The third-order valence-corrected chi connectivity index (χ3v) is 5.59. The average Bonchev–Trinajstić information content (AvgIpc) is 2.91. The van der Waals surface area contributed by atoms with Crippen LogP contribution >= 0.6 is 35.3 Å². The molecule has 0 saturated heterocycles. The molecule has 1 amide bonds. The predicted molar refractivity (Wildman–Crippen MR) is 107 cm³/mol. The van der Waals surface area contributed by atoms with Crippen molar-refractivity contribution in [2.45, 2.75) is 44.6 Å². The van der Waals surface area contributed by atoms with Crippen LogP contribution in [0.4, 0.5) is 5.69 Å². The molecule has 0 spiro atoms. The highest BCUT2D eigenvalue weighted by atomic mass is 35.5. The number of nitrogens with zero attached hydrogens (tertiary/aromatic N) is 2. The van der Waals surface area contributed by atoms with Crippen molar-refractivity contribution in [3.63, 3.8) is 0 Å². The summed E-state index contributed by atoms with van der Waals surface area (Å²) in [6.45, 7) is 0. The molecule has 0 bridgehead atoms. The summed E-state index contributed by atoms with van der Waals surface area (Å²) in [7, 11) is 1.99. The number of anilines is 1. The molecular weight excluding hydrogens is 377 g/mol. The Bertz CT molecular complexity index is 761. The predicted octanol–water partition coefficient (Wildman–Crippen LogP) is 4.58. The maximum atomic E-state index is 12.2. The van der Waals surface area contributed by atoms with E-state index in [1.807, 2.05) is 17.0 Å². The first-order chi connectivity index (χ1) is 11.6. The van der Waals surface area contributed by atoms with E-state index < -0.39 is 0 Å². The van der Waals surface area contributed by atoms with Crippen molar-refractivity contribution in [1.82, 2.24) is 4.57 Å². The second-order valence-electron chi connectivity index (χ2n) is 6.22. The van der Waals surface area contributed by atoms with Crippen LogP contribution < -0.4 is 10.1 Å². The van der Waals surface area contributed by atoms with Crippen molar-refractivity contribution in [1.29, 1.82) is 0 Å². The Morgan fingerprint density at radius 1 is 1.28 bits per heavy atom. The third kappa shape index (κ3) is 5.59. The minimum absolute atomic E-state index is 0. The number of aromatic nitrogens is 1. The van der Waals surface area contributed by atoms with Gasteiger partial charge in [-0.1, -0.05) is 30.9 Å². The van der Waals surface area contributed by atoms with Gasteiger partial charge in [0.05, 0.1) is 12.5 Å². The zero-order chi connectivity index (χ0) is 16.9. The summed E-state index contributed by atoms with van der Waals surface area (Å²) in [6.07, 6.45) is 6.60. The summed E-state index contributed by atoms with van der Waals surface area (Å²) in [5, 5.41) is 5.59. The molecule has 4 nitrogen and oxygen atoms in total. The van der Waals surface area contributed by atoms with E-state index in [0.717, 1.165) is 16.2 Å². The molecule has 1 aromatic heterocycles. The van der Waals surface area contributed by atoms with Crippen LogP contribution in [0.1, 0.15) is 37.8 Å². The van der Waals surface area contributed by atoms with Crippen LogP contribution in [-0.4, -0.2) is 16.5 Å². The number of carbonyl (C=O) groups excluding carboxylic acids is 1. The van der Waals surface area contributed by atoms with Crippen LogP contribution in [0.2, 0.25) is 5.02 Å². The van der Waals surface area contributed by atoms with Gasteiger partial charge in [-0.3, -0.25) is 9.79 Å². The van der Waals surface area contributed by atoms with Gasteiger partial charge in [0.25, 0.3) is 0 Å². The first-order valence-corrected chi connectivity index (χ1v) is 9.60. The molecule has 25 heavy (non-hydrogen) atoms. The summed E-state index contributed by atoms with van der Waals surface area (Å²) in [6, 6.07) is 7.58. The molecule has 2 aromatic rings. The maximum absolute atomic E-state index is 12.2. The molecule has 3 rings (SSSR count). The lowest BCUT2D eigenvalue weighted by molar-refractivity contribution is -0.115. The van der Waals surface area contributed by atoms with Crippen molar-refractivity contribution < 1.29 is 4.79 Å². The van der Waals surface area contributed by atoms with E-state index in [1.54, 1.807) is 35.6 Å². The lowest BCUT2D eigenvalue weighted by Crippen LogP contribution is -2.22. The van der Waals surface area contributed by atoms with E-state index in [4.69, 9.17) is 16.6 Å². The second kappa shape index (κ2) is 9.41. The van der Waals surface area contributed by atoms with E-state index in [9.17, 15) is 4.79 Å². The Hall–Kier alpha value is -1.30. The number of hydrogen-bond donors (Lipinski definition) is 1. The lowest BCUT2D eigenvalue weighted by atomic mass is 9.96. The number of amides is 1. The first-order valence-electron chi connectivity index (χ1n) is 8.34. The molecule has 1 aromatic carbocycles. The Labute approximate surface area is 163 Å². The number of thiazole rings is 1. The zero-order valence-corrected chi connectivity index (χ0v) is 16.6. The van der Waals surface area contributed by atoms with Crippen LogP contribution in [0.15, 0.2) is 34.6 Å². The highest BCUT2D eigenvalue weighted by Gasteiger charge is 2.13. The van der Waals surface area contributed by atoms with Crippen molar-refractivity contribution >= 4 is 46.9 Å². The third-order valence-electron chi connectivity index (χ3n) is 4.36. The summed E-state index contributed by atoms with van der Waals surface area (Å²) >= 11 is 7.48. The van der Waals surface area contributed by atoms with Crippen molar-refractivity contribution in [3.8, 4) is 0 Å². The minimum atomic E-state index is -0.0325. The van der Waals surface area contributed by atoms with Crippen LogP contribution in [-0.2, 0) is 18.3 Å². The van der Waals surface area contributed by atoms with Crippen molar-refractivity contribution in [2.75, 3.05) is 5.32 Å². The van der Waals surface area contributed by atoms with Gasteiger partial charge in [0, 0.05) is 28.8 Å². The molecule has 136 valence electrons. The molecule has 1 saturated carbocycles. The Morgan fingerprint density at radius 3 is 2.64 bits per heavy atom. The quantitative estimate of drug-likeness (QED) is 0.803. The van der Waals surface area contributed by atoms with E-state index in [2.05, 4.69) is 5.32 Å². The van der Waals surface area contributed by atoms with Crippen LogP contribution in [0.5, 0.6) is 0 Å². The van der Waals surface area contributed by atoms with E-state index >= 15 is 0 Å². The molecule has 0 atom stereocenters. The van der Waals surface area contributed by atoms with E-state index in [-0.39, 0.29) is 18.3 Å². The summed E-state index contributed by atoms with van der Waals surface area (Å²) in [5.41, 5.74) is 1.75. The van der Waals surface area contributed by atoms with E-state index in [0.29, 0.717) is 17.5 Å². The average molecular weight is 400 g/mol. The number of nitrogens with one attached hydrogen (secondary N) is 1. The van der Waals surface area contributed by atoms with Crippen LogP contribution in [0, 0.1) is 0 Å². The first kappa shape index (κ1) is 20.0. The molecule has 7 heteroatoms. The fourth-order valence-electron chi connectivity index (χ4n) is 2.95. The monoisotopic (exact) mass is 399 g/mol. The number of halogens is 2. The fraction of sp³-hybridized carbons (Fsp3) is 0.444. The van der Waals surface area contributed by atoms with Gasteiger partial charge in [-0.05, 0) is 37.1 Å². The molecular formula is C18H23Cl2N3OS. The Balaban J connectivity index is 0.00000225. The standard InChI is InChI=1S/C18H22ClN3OS.ClH/c1-22-16(11-17(23)20-15-9-7-13(19)8-10-15)12-24-18(22)21-14-5-3-2-4-6-14;/h7-10,12,14H,2-6,11H2,1H3,(H,20,23);1H. The number of hydrogen-bond acceptors (Lipinski definition) is 3. The number of rotatable bonds is 4. The van der Waals surface area contributed by atoms with Gasteiger partial charge in [-0.15, -0.1) is 23.7 Å². The van der Waals surface area contributed by atoms with Gasteiger partial charge in [-0.25, -0.2) is 0 Å². The van der Waals surface area contributed by atoms with Crippen molar-refractivity contribution in [2.24, 2.45) is 12.0 Å². The summed E-state index contributed by atoms with van der Waals surface area (Å²) in [4.78, 5) is 18.1. The van der Waals surface area contributed by atoms with Gasteiger partial charge in [0.1, 0.15) is 0 Å². The molecule has 1 aliphatic carbocycles. The smallest absolute Gasteiger partial charge is 0.230 e. The molecule has 1 fully saturated rings. The second-order valence-corrected chi connectivity index (χ2v) is 7.49. The van der Waals surface area contributed by atoms with Crippen LogP contribution in [0.25, 0.3) is 0 Å². The molecule has 1 aliphatic rings. The molecule has 0 aliphatic heterocycles. The van der Waals surface area contributed by atoms with Gasteiger partial charge in [-0.2, -0.15) is 0 Å². The summed E-state index contributed by atoms with van der Waals surface area (Å²) in [5.74, 6) is -0.0325. The maximum Gasteiger partial charge on any atom is 0.230 e. The largest absolute Gasteiger partial charge is 0.326 e. The SMILES string of the molecule is Cl.Cn1c(CC(=O)Nc2ccc(Cl)cc2)csc1=NC1CCCCC1. The van der Waals surface area contributed by atoms with E-state index in [1.165, 1.54) is 32.1 Å². The molecule has 0 radical (unpaired) electrons. The van der Waals surface area contributed by atoms with Gasteiger partial charge in [0.2, 0.25) is 5.91 Å². The van der Waals surface area contributed by atoms with Crippen LogP contribution in [0.3, 0.4) is 0 Å². The van der Waals surface area contributed by atoms with Gasteiger partial charge >= 0.3 is 0 Å². The normalized spacial score (nSPS) is 15.7.